The molecule has 108 valence electrons. The first-order valence-corrected chi connectivity index (χ1v) is 8.17. The molecule has 2 aromatic rings. The zero-order valence-corrected chi connectivity index (χ0v) is 14.6. The topological polar surface area (TPSA) is 47.6 Å². The van der Waals surface area contributed by atoms with E-state index in [1.165, 1.54) is 0 Å². The number of nitrogens with one attached hydrogen (secondary N) is 1. The summed E-state index contributed by atoms with van der Waals surface area (Å²) in [7, 11) is 0. The van der Waals surface area contributed by atoms with Gasteiger partial charge in [-0.3, -0.25) is 4.79 Å². The standard InChI is InChI=1S/C15H11BrINO3/c16-10-2-3-12(11(17)8-10)18-15(19)9-1-4-13-14(7-9)21-6-5-20-13/h1-4,7-8H,5-6H2,(H,18,19). The van der Waals surface area contributed by atoms with Gasteiger partial charge < -0.3 is 14.8 Å². The van der Waals surface area contributed by atoms with Gasteiger partial charge in [-0.25, -0.2) is 0 Å². The number of hydrogen-bond donors (Lipinski definition) is 1. The van der Waals surface area contributed by atoms with E-state index in [0.717, 1.165) is 13.7 Å². The highest BCUT2D eigenvalue weighted by atomic mass is 127. The van der Waals surface area contributed by atoms with Gasteiger partial charge in [0.15, 0.2) is 11.5 Å². The fourth-order valence-electron chi connectivity index (χ4n) is 1.97. The van der Waals surface area contributed by atoms with E-state index in [-0.39, 0.29) is 5.91 Å². The second kappa shape index (κ2) is 6.23. The zero-order valence-electron chi connectivity index (χ0n) is 10.9. The zero-order chi connectivity index (χ0) is 14.8. The van der Waals surface area contributed by atoms with E-state index in [1.54, 1.807) is 18.2 Å². The van der Waals surface area contributed by atoms with Gasteiger partial charge in [-0.2, -0.15) is 0 Å². The highest BCUT2D eigenvalue weighted by Gasteiger charge is 2.15. The first-order chi connectivity index (χ1) is 10.1. The molecule has 0 unspecified atom stereocenters. The summed E-state index contributed by atoms with van der Waals surface area (Å²) in [6.45, 7) is 1.04. The van der Waals surface area contributed by atoms with Gasteiger partial charge in [-0.05, 0) is 59.0 Å². The number of anilines is 1. The molecule has 1 aliphatic heterocycles. The number of carbonyl (C=O) groups is 1. The summed E-state index contributed by atoms with van der Waals surface area (Å²) >= 11 is 5.58. The molecule has 4 nitrogen and oxygen atoms in total. The maximum atomic E-state index is 12.3. The van der Waals surface area contributed by atoms with Crippen molar-refractivity contribution < 1.29 is 14.3 Å². The van der Waals surface area contributed by atoms with Crippen LogP contribution in [-0.4, -0.2) is 19.1 Å². The molecule has 1 amide bonds. The molecule has 1 aliphatic rings. The largest absolute Gasteiger partial charge is 0.486 e. The lowest BCUT2D eigenvalue weighted by molar-refractivity contribution is 0.102. The van der Waals surface area contributed by atoms with Crippen molar-refractivity contribution in [2.24, 2.45) is 0 Å². The van der Waals surface area contributed by atoms with Gasteiger partial charge in [-0.15, -0.1) is 0 Å². The lowest BCUT2D eigenvalue weighted by atomic mass is 10.1. The molecule has 3 rings (SSSR count). The molecule has 21 heavy (non-hydrogen) atoms. The highest BCUT2D eigenvalue weighted by Crippen LogP contribution is 2.31. The van der Waals surface area contributed by atoms with E-state index in [9.17, 15) is 4.79 Å². The van der Waals surface area contributed by atoms with E-state index in [2.05, 4.69) is 43.8 Å². The summed E-state index contributed by atoms with van der Waals surface area (Å²) in [5, 5.41) is 2.90. The molecule has 0 aromatic heterocycles. The molecule has 0 fully saturated rings. The average Bonchev–Trinajstić information content (AvgIpc) is 2.49. The van der Waals surface area contributed by atoms with Crippen molar-refractivity contribution in [3.63, 3.8) is 0 Å². The molecule has 0 saturated carbocycles. The Morgan fingerprint density at radius 2 is 1.86 bits per heavy atom. The number of halogens is 2. The third-order valence-corrected chi connectivity index (χ3v) is 4.37. The van der Waals surface area contributed by atoms with Crippen LogP contribution >= 0.6 is 38.5 Å². The van der Waals surface area contributed by atoms with E-state index in [0.29, 0.717) is 30.3 Å². The van der Waals surface area contributed by atoms with Gasteiger partial charge >= 0.3 is 0 Å². The van der Waals surface area contributed by atoms with E-state index < -0.39 is 0 Å². The number of rotatable bonds is 2. The van der Waals surface area contributed by atoms with Gasteiger partial charge in [-0.1, -0.05) is 15.9 Å². The van der Waals surface area contributed by atoms with Gasteiger partial charge in [0.2, 0.25) is 0 Å². The van der Waals surface area contributed by atoms with Crippen molar-refractivity contribution >= 4 is 50.1 Å². The molecule has 0 spiro atoms. The van der Waals surface area contributed by atoms with Crippen molar-refractivity contribution in [2.45, 2.75) is 0 Å². The van der Waals surface area contributed by atoms with Gasteiger partial charge in [0.1, 0.15) is 13.2 Å². The van der Waals surface area contributed by atoms with Crippen LogP contribution in [0.5, 0.6) is 11.5 Å². The normalized spacial score (nSPS) is 12.9. The van der Waals surface area contributed by atoms with Crippen molar-refractivity contribution in [1.29, 1.82) is 0 Å². The second-order valence-corrected chi connectivity index (χ2v) is 6.51. The Morgan fingerprint density at radius 1 is 1.10 bits per heavy atom. The highest BCUT2D eigenvalue weighted by molar-refractivity contribution is 14.1. The molecule has 0 bridgehead atoms. The second-order valence-electron chi connectivity index (χ2n) is 4.44. The number of fused-ring (bicyclic) bond motifs is 1. The lowest BCUT2D eigenvalue weighted by Crippen LogP contribution is -2.17. The van der Waals surface area contributed by atoms with Crippen molar-refractivity contribution in [3.8, 4) is 11.5 Å². The van der Waals surface area contributed by atoms with Crippen LogP contribution in [0.2, 0.25) is 0 Å². The molecule has 1 N–H and O–H groups in total. The van der Waals surface area contributed by atoms with Gasteiger partial charge in [0, 0.05) is 13.6 Å². The van der Waals surface area contributed by atoms with E-state index in [4.69, 9.17) is 9.47 Å². The maximum Gasteiger partial charge on any atom is 0.255 e. The Hall–Kier alpha value is -1.28. The Morgan fingerprint density at radius 3 is 2.62 bits per heavy atom. The molecule has 0 saturated heterocycles. The van der Waals surface area contributed by atoms with E-state index in [1.807, 2.05) is 18.2 Å². The lowest BCUT2D eigenvalue weighted by Gasteiger charge is -2.18. The van der Waals surface area contributed by atoms with Crippen LogP contribution < -0.4 is 14.8 Å². The summed E-state index contributed by atoms with van der Waals surface area (Å²) in [5.41, 5.74) is 1.32. The quantitative estimate of drug-likeness (QED) is 0.688. The minimum atomic E-state index is -0.174. The molecular weight excluding hydrogens is 449 g/mol. The maximum absolute atomic E-state index is 12.3. The predicted octanol–water partition coefficient (Wildman–Crippen LogP) is 4.08. The average molecular weight is 460 g/mol. The van der Waals surface area contributed by atoms with Crippen LogP contribution in [0.3, 0.4) is 0 Å². The predicted molar refractivity (Wildman–Crippen MR) is 92.2 cm³/mol. The van der Waals surface area contributed by atoms with Crippen LogP contribution in [0.1, 0.15) is 10.4 Å². The Kier molecular flexibility index (Phi) is 4.34. The third-order valence-electron chi connectivity index (χ3n) is 2.98. The van der Waals surface area contributed by atoms with Gasteiger partial charge in [0.25, 0.3) is 5.91 Å². The van der Waals surface area contributed by atoms with Crippen LogP contribution in [0.4, 0.5) is 5.69 Å². The molecule has 1 heterocycles. The first-order valence-electron chi connectivity index (χ1n) is 6.29. The molecule has 6 heteroatoms. The SMILES string of the molecule is O=C(Nc1ccc(Br)cc1I)c1ccc2c(c1)OCCO2. The van der Waals surface area contributed by atoms with Crippen LogP contribution in [0.25, 0.3) is 0 Å². The smallest absolute Gasteiger partial charge is 0.255 e. The summed E-state index contributed by atoms with van der Waals surface area (Å²) in [5.74, 6) is 1.11. The number of ether oxygens (including phenoxy) is 2. The van der Waals surface area contributed by atoms with Crippen LogP contribution in [0, 0.1) is 3.57 Å². The minimum absolute atomic E-state index is 0.174. The fraction of sp³-hybridized carbons (Fsp3) is 0.133. The molecule has 2 aromatic carbocycles. The van der Waals surface area contributed by atoms with Crippen LogP contribution in [-0.2, 0) is 0 Å². The summed E-state index contributed by atoms with van der Waals surface area (Å²) in [6.07, 6.45) is 0. The van der Waals surface area contributed by atoms with Crippen LogP contribution in [0.15, 0.2) is 40.9 Å². The molecule has 0 atom stereocenters. The Labute approximate surface area is 144 Å². The molecule has 0 aliphatic carbocycles. The Bertz CT molecular complexity index is 705. The number of amides is 1. The Balaban J connectivity index is 1.82. The first kappa shape index (κ1) is 14.6. The minimum Gasteiger partial charge on any atom is -0.486 e. The number of carbonyl (C=O) groups excluding carboxylic acids is 1. The number of hydrogen-bond acceptors (Lipinski definition) is 3. The van der Waals surface area contributed by atoms with E-state index >= 15 is 0 Å². The summed E-state index contributed by atoms with van der Waals surface area (Å²) in [4.78, 5) is 12.3. The van der Waals surface area contributed by atoms with Gasteiger partial charge in [0.05, 0.1) is 5.69 Å². The summed E-state index contributed by atoms with van der Waals surface area (Å²) in [6, 6.07) is 10.9. The van der Waals surface area contributed by atoms with Crippen molar-refractivity contribution in [2.75, 3.05) is 18.5 Å². The van der Waals surface area contributed by atoms with Crippen molar-refractivity contribution in [3.05, 3.63) is 50.0 Å². The summed E-state index contributed by atoms with van der Waals surface area (Å²) < 4.78 is 12.9. The molecular formula is C15H11BrINO3. The number of benzene rings is 2. The monoisotopic (exact) mass is 459 g/mol. The molecule has 0 radical (unpaired) electrons. The van der Waals surface area contributed by atoms with Crippen molar-refractivity contribution in [1.82, 2.24) is 0 Å². The fourth-order valence-corrected chi connectivity index (χ4v) is 3.41. The third kappa shape index (κ3) is 3.32.